The number of anilines is 1. The molecule has 0 saturated carbocycles. The molecule has 3 aromatic rings. The van der Waals surface area contributed by atoms with Gasteiger partial charge in [-0.2, -0.15) is 5.26 Å². The van der Waals surface area contributed by atoms with Crippen molar-refractivity contribution in [3.8, 4) is 6.07 Å². The molecule has 1 N–H and O–H groups in total. The topological polar surface area (TPSA) is 56.1 Å². The van der Waals surface area contributed by atoms with Crippen LogP contribution in [0.15, 0.2) is 53.2 Å². The van der Waals surface area contributed by atoms with Crippen LogP contribution in [-0.4, -0.2) is 17.4 Å². The first-order valence-corrected chi connectivity index (χ1v) is 10.0. The summed E-state index contributed by atoms with van der Waals surface area (Å²) in [5.41, 5.74) is 0.980. The van der Waals surface area contributed by atoms with E-state index in [1.54, 1.807) is 40.9 Å². The number of halogens is 1. The van der Waals surface area contributed by atoms with Crippen LogP contribution in [0.25, 0.3) is 0 Å². The highest BCUT2D eigenvalue weighted by molar-refractivity contribution is 7.10. The normalized spacial score (nSPS) is 10.7. The number of carbonyl (C=O) groups is 1. The molecule has 0 fully saturated rings. The summed E-state index contributed by atoms with van der Waals surface area (Å²) in [7, 11) is 0. The van der Waals surface area contributed by atoms with Gasteiger partial charge < -0.3 is 5.32 Å². The summed E-state index contributed by atoms with van der Waals surface area (Å²) in [6.45, 7) is 1.71. The Morgan fingerprint density at radius 3 is 2.27 bits per heavy atom. The zero-order valence-corrected chi connectivity index (χ0v) is 16.2. The van der Waals surface area contributed by atoms with Crippen LogP contribution >= 0.6 is 34.3 Å². The molecule has 0 spiro atoms. The Bertz CT molecular complexity index is 865. The molecule has 26 heavy (non-hydrogen) atoms. The number of nitriles is 1. The SMILES string of the molecule is N#Cc1ccc(NC(=O)CN(Cc2cccs2)Cc2cccs2)cc1Cl. The summed E-state index contributed by atoms with van der Waals surface area (Å²) in [5.74, 6) is -0.112. The number of hydrogen-bond donors (Lipinski definition) is 1. The van der Waals surface area contributed by atoms with Crippen LogP contribution in [0.5, 0.6) is 0 Å². The lowest BCUT2D eigenvalue weighted by atomic mass is 10.2. The van der Waals surface area contributed by atoms with Crippen molar-refractivity contribution in [1.82, 2.24) is 4.90 Å². The molecule has 1 amide bonds. The standard InChI is InChI=1S/C19H16ClN3OS2/c20-18-9-15(6-5-14(18)10-21)22-19(24)13-23(11-16-3-1-7-25-16)12-17-4-2-8-26-17/h1-9H,11-13H2,(H,22,24). The molecule has 0 radical (unpaired) electrons. The van der Waals surface area contributed by atoms with Crippen molar-refractivity contribution in [2.45, 2.75) is 13.1 Å². The van der Waals surface area contributed by atoms with Crippen molar-refractivity contribution in [1.29, 1.82) is 5.26 Å². The van der Waals surface area contributed by atoms with E-state index in [0.29, 0.717) is 16.3 Å². The molecule has 132 valence electrons. The lowest BCUT2D eigenvalue weighted by molar-refractivity contribution is -0.117. The number of nitrogens with one attached hydrogen (secondary N) is 1. The van der Waals surface area contributed by atoms with E-state index < -0.39 is 0 Å². The van der Waals surface area contributed by atoms with Crippen LogP contribution in [-0.2, 0) is 17.9 Å². The van der Waals surface area contributed by atoms with E-state index in [4.69, 9.17) is 16.9 Å². The maximum absolute atomic E-state index is 12.5. The van der Waals surface area contributed by atoms with Crippen LogP contribution in [0.3, 0.4) is 0 Å². The first kappa shape index (κ1) is 18.6. The van der Waals surface area contributed by atoms with Gasteiger partial charge in [0.2, 0.25) is 5.91 Å². The van der Waals surface area contributed by atoms with Crippen LogP contribution in [0.1, 0.15) is 15.3 Å². The highest BCUT2D eigenvalue weighted by atomic mass is 35.5. The van der Waals surface area contributed by atoms with E-state index in [1.807, 2.05) is 29.0 Å². The predicted molar refractivity (Wildman–Crippen MR) is 108 cm³/mol. The van der Waals surface area contributed by atoms with Gasteiger partial charge in [-0.1, -0.05) is 23.7 Å². The third kappa shape index (κ3) is 5.16. The minimum atomic E-state index is -0.112. The first-order valence-electron chi connectivity index (χ1n) is 7.90. The van der Waals surface area contributed by atoms with Crippen molar-refractivity contribution in [2.75, 3.05) is 11.9 Å². The van der Waals surface area contributed by atoms with E-state index in [-0.39, 0.29) is 12.5 Å². The maximum atomic E-state index is 12.5. The van der Waals surface area contributed by atoms with E-state index in [0.717, 1.165) is 13.1 Å². The van der Waals surface area contributed by atoms with Gasteiger partial charge in [0, 0.05) is 28.5 Å². The molecule has 0 unspecified atom stereocenters. The van der Waals surface area contributed by atoms with Gasteiger partial charge >= 0.3 is 0 Å². The second-order valence-corrected chi connectivity index (χ2v) is 8.13. The third-order valence-corrected chi connectivity index (χ3v) is 5.69. The lowest BCUT2D eigenvalue weighted by Gasteiger charge is -2.20. The van der Waals surface area contributed by atoms with Crippen molar-refractivity contribution >= 4 is 45.9 Å². The van der Waals surface area contributed by atoms with Crippen LogP contribution in [0.2, 0.25) is 5.02 Å². The van der Waals surface area contributed by atoms with Gasteiger partial charge in [0.05, 0.1) is 17.1 Å². The molecule has 0 aliphatic heterocycles. The van der Waals surface area contributed by atoms with E-state index in [2.05, 4.69) is 22.3 Å². The highest BCUT2D eigenvalue weighted by Crippen LogP contribution is 2.21. The Kier molecular flexibility index (Phi) is 6.42. The minimum absolute atomic E-state index is 0.112. The first-order chi connectivity index (χ1) is 12.6. The third-order valence-electron chi connectivity index (χ3n) is 3.66. The second-order valence-electron chi connectivity index (χ2n) is 5.66. The van der Waals surface area contributed by atoms with Gasteiger partial charge in [0.25, 0.3) is 0 Å². The van der Waals surface area contributed by atoms with Crippen molar-refractivity contribution in [3.05, 3.63) is 73.6 Å². The highest BCUT2D eigenvalue weighted by Gasteiger charge is 2.14. The Labute approximate surface area is 165 Å². The minimum Gasteiger partial charge on any atom is -0.325 e. The molecule has 1 aromatic carbocycles. The van der Waals surface area contributed by atoms with E-state index >= 15 is 0 Å². The molecule has 2 heterocycles. The predicted octanol–water partition coefficient (Wildman–Crippen LogP) is 4.98. The van der Waals surface area contributed by atoms with Crippen LogP contribution in [0.4, 0.5) is 5.69 Å². The van der Waals surface area contributed by atoms with Crippen molar-refractivity contribution in [2.24, 2.45) is 0 Å². The number of rotatable bonds is 7. The molecule has 0 aliphatic carbocycles. The van der Waals surface area contributed by atoms with E-state index in [9.17, 15) is 4.79 Å². The van der Waals surface area contributed by atoms with Gasteiger partial charge in [-0.3, -0.25) is 9.69 Å². The summed E-state index contributed by atoms with van der Waals surface area (Å²) in [4.78, 5) is 17.0. The fourth-order valence-corrected chi connectivity index (χ4v) is 4.22. The summed E-state index contributed by atoms with van der Waals surface area (Å²) in [6, 6.07) is 15.1. The van der Waals surface area contributed by atoms with Gasteiger partial charge in [-0.25, -0.2) is 0 Å². The van der Waals surface area contributed by atoms with E-state index in [1.165, 1.54) is 9.75 Å². The number of carbonyl (C=O) groups excluding carboxylic acids is 1. The quantitative estimate of drug-likeness (QED) is 0.607. The number of nitrogens with zero attached hydrogens (tertiary/aromatic N) is 2. The zero-order valence-electron chi connectivity index (χ0n) is 13.8. The molecule has 4 nitrogen and oxygen atoms in total. The molecule has 0 saturated heterocycles. The molecule has 3 rings (SSSR count). The molecule has 2 aromatic heterocycles. The molecule has 7 heteroatoms. The molecule has 0 bridgehead atoms. The molecular formula is C19H16ClN3OS2. The number of benzene rings is 1. The van der Waals surface area contributed by atoms with Gasteiger partial charge in [-0.15, -0.1) is 22.7 Å². The molecule has 0 atom stereocenters. The number of hydrogen-bond acceptors (Lipinski definition) is 5. The average molecular weight is 402 g/mol. The largest absolute Gasteiger partial charge is 0.325 e. The molecule has 0 aliphatic rings. The van der Waals surface area contributed by atoms with Crippen LogP contribution in [0, 0.1) is 11.3 Å². The van der Waals surface area contributed by atoms with Gasteiger partial charge in [-0.05, 0) is 41.1 Å². The van der Waals surface area contributed by atoms with Crippen molar-refractivity contribution < 1.29 is 4.79 Å². The van der Waals surface area contributed by atoms with Crippen molar-refractivity contribution in [3.63, 3.8) is 0 Å². The monoisotopic (exact) mass is 401 g/mol. The Morgan fingerprint density at radius 2 is 1.77 bits per heavy atom. The summed E-state index contributed by atoms with van der Waals surface area (Å²) < 4.78 is 0. The van der Waals surface area contributed by atoms with Gasteiger partial charge in [0.15, 0.2) is 0 Å². The number of thiophene rings is 2. The Morgan fingerprint density at radius 1 is 1.12 bits per heavy atom. The zero-order chi connectivity index (χ0) is 18.4. The second kappa shape index (κ2) is 8.97. The van der Waals surface area contributed by atoms with Crippen LogP contribution < -0.4 is 5.32 Å². The fraction of sp³-hybridized carbons (Fsp3) is 0.158. The molecular weight excluding hydrogens is 386 g/mol. The summed E-state index contributed by atoms with van der Waals surface area (Å²) >= 11 is 9.39. The maximum Gasteiger partial charge on any atom is 0.238 e. The van der Waals surface area contributed by atoms with Gasteiger partial charge in [0.1, 0.15) is 6.07 Å². The summed E-state index contributed by atoms with van der Waals surface area (Å²) in [6.07, 6.45) is 0. The smallest absolute Gasteiger partial charge is 0.238 e. The Balaban J connectivity index is 1.66. The fourth-order valence-electron chi connectivity index (χ4n) is 2.50. The summed E-state index contributed by atoms with van der Waals surface area (Å²) in [5, 5.41) is 16.2. The lowest BCUT2D eigenvalue weighted by Crippen LogP contribution is -2.32. The number of amides is 1. The average Bonchev–Trinajstić information content (AvgIpc) is 3.29. The Hall–Kier alpha value is -2.17.